The van der Waals surface area contributed by atoms with Gasteiger partial charge in [-0.05, 0) is 28.7 Å². The third-order valence-corrected chi connectivity index (χ3v) is 7.55. The summed E-state index contributed by atoms with van der Waals surface area (Å²) < 4.78 is 6.37. The van der Waals surface area contributed by atoms with Crippen LogP contribution in [0.2, 0.25) is 0 Å². The lowest BCUT2D eigenvalue weighted by atomic mass is 9.55. The van der Waals surface area contributed by atoms with Crippen molar-refractivity contribution < 1.29 is 9.53 Å². The van der Waals surface area contributed by atoms with Gasteiger partial charge in [0, 0.05) is 17.8 Å². The average molecular weight is 491 g/mol. The van der Waals surface area contributed by atoms with Crippen LogP contribution >= 0.6 is 0 Å². The van der Waals surface area contributed by atoms with Crippen molar-refractivity contribution in [1.82, 2.24) is 0 Å². The van der Waals surface area contributed by atoms with Crippen LogP contribution in [-0.2, 0) is 20.4 Å². The molecule has 4 aromatic rings. The molecule has 0 aromatic heterocycles. The van der Waals surface area contributed by atoms with E-state index < -0.39 is 11.5 Å². The molecular formula is C35H38O2. The topological polar surface area (TPSA) is 26.3 Å². The van der Waals surface area contributed by atoms with Crippen molar-refractivity contribution >= 4 is 5.97 Å². The molecule has 0 amide bonds. The predicted octanol–water partition coefficient (Wildman–Crippen LogP) is 8.35. The van der Waals surface area contributed by atoms with Crippen LogP contribution in [0.1, 0.15) is 63.3 Å². The molecule has 37 heavy (non-hydrogen) atoms. The number of benzene rings is 4. The summed E-state index contributed by atoms with van der Waals surface area (Å²) in [6.07, 6.45) is 0.283. The molecule has 2 heteroatoms. The maximum Gasteiger partial charge on any atom is 0.302 e. The van der Waals surface area contributed by atoms with Gasteiger partial charge in [0.2, 0.25) is 0 Å². The van der Waals surface area contributed by atoms with E-state index in [1.165, 1.54) is 18.1 Å². The molecule has 2 nitrogen and oxygen atoms in total. The lowest BCUT2D eigenvalue weighted by molar-refractivity contribution is -0.157. The SMILES string of the molecule is CC(=O)OC(C(C)(C)C)C(CC(C)(c1ccccc1)c1ccccc1)(c1ccccc1)c1ccccc1. The Labute approximate surface area is 222 Å². The first-order valence-electron chi connectivity index (χ1n) is 13.1. The van der Waals surface area contributed by atoms with Gasteiger partial charge in [-0.2, -0.15) is 0 Å². The Bertz CT molecular complexity index is 1190. The van der Waals surface area contributed by atoms with Gasteiger partial charge in [-0.1, -0.05) is 149 Å². The molecule has 0 saturated carbocycles. The molecule has 0 N–H and O–H groups in total. The van der Waals surface area contributed by atoms with E-state index in [0.29, 0.717) is 6.42 Å². The Balaban J connectivity index is 2.10. The molecule has 0 radical (unpaired) electrons. The van der Waals surface area contributed by atoms with Crippen LogP contribution in [0.25, 0.3) is 0 Å². The molecule has 0 saturated heterocycles. The van der Waals surface area contributed by atoms with E-state index in [0.717, 1.165) is 11.1 Å². The maximum absolute atomic E-state index is 12.7. The molecule has 0 aliphatic heterocycles. The van der Waals surface area contributed by atoms with Crippen LogP contribution in [0.15, 0.2) is 121 Å². The van der Waals surface area contributed by atoms with Crippen LogP contribution < -0.4 is 0 Å². The summed E-state index contributed by atoms with van der Waals surface area (Å²) in [6.45, 7) is 10.4. The fourth-order valence-corrected chi connectivity index (χ4v) is 5.96. The molecule has 4 aromatic carbocycles. The van der Waals surface area contributed by atoms with Crippen LogP contribution in [0.5, 0.6) is 0 Å². The molecule has 1 atom stereocenters. The Morgan fingerprint density at radius 1 is 0.595 bits per heavy atom. The second kappa shape index (κ2) is 10.8. The van der Waals surface area contributed by atoms with Crippen molar-refractivity contribution in [2.75, 3.05) is 0 Å². The summed E-state index contributed by atoms with van der Waals surface area (Å²) in [7, 11) is 0. The van der Waals surface area contributed by atoms with Gasteiger partial charge in [0.05, 0.1) is 5.41 Å². The zero-order valence-electron chi connectivity index (χ0n) is 22.6. The minimum Gasteiger partial charge on any atom is -0.461 e. The highest BCUT2D eigenvalue weighted by atomic mass is 16.5. The number of carbonyl (C=O) groups excluding carboxylic acids is 1. The van der Waals surface area contributed by atoms with Crippen molar-refractivity contribution in [3.05, 3.63) is 144 Å². The van der Waals surface area contributed by atoms with Crippen LogP contribution in [-0.4, -0.2) is 12.1 Å². The Morgan fingerprint density at radius 3 is 1.22 bits per heavy atom. The van der Waals surface area contributed by atoms with Gasteiger partial charge >= 0.3 is 5.97 Å². The van der Waals surface area contributed by atoms with Crippen molar-refractivity contribution in [2.24, 2.45) is 5.41 Å². The Morgan fingerprint density at radius 2 is 0.919 bits per heavy atom. The van der Waals surface area contributed by atoms with Crippen LogP contribution in [0.3, 0.4) is 0 Å². The molecule has 4 rings (SSSR count). The first kappa shape index (κ1) is 26.4. The smallest absolute Gasteiger partial charge is 0.302 e. The van der Waals surface area contributed by atoms with Crippen molar-refractivity contribution in [1.29, 1.82) is 0 Å². The second-order valence-corrected chi connectivity index (χ2v) is 11.3. The van der Waals surface area contributed by atoms with Crippen LogP contribution in [0.4, 0.5) is 0 Å². The molecular weight excluding hydrogens is 452 g/mol. The summed E-state index contributed by atoms with van der Waals surface area (Å²) in [4.78, 5) is 12.7. The van der Waals surface area contributed by atoms with Gasteiger partial charge in [-0.3, -0.25) is 4.79 Å². The summed E-state index contributed by atoms with van der Waals surface area (Å²) in [5, 5.41) is 0. The lowest BCUT2D eigenvalue weighted by Gasteiger charge is -2.51. The molecule has 0 aliphatic rings. The number of carbonyl (C=O) groups is 1. The fraction of sp³-hybridized carbons (Fsp3) is 0.286. The van der Waals surface area contributed by atoms with Crippen molar-refractivity contribution in [3.63, 3.8) is 0 Å². The third-order valence-electron chi connectivity index (χ3n) is 7.55. The minimum atomic E-state index is -0.632. The van der Waals surface area contributed by atoms with Gasteiger partial charge in [0.1, 0.15) is 6.10 Å². The summed E-state index contributed by atoms with van der Waals surface area (Å²) in [5.74, 6) is -0.266. The van der Waals surface area contributed by atoms with Gasteiger partial charge in [0.15, 0.2) is 0 Å². The second-order valence-electron chi connectivity index (χ2n) is 11.3. The average Bonchev–Trinajstić information content (AvgIpc) is 2.92. The number of ether oxygens (including phenoxy) is 1. The van der Waals surface area contributed by atoms with Gasteiger partial charge in [-0.25, -0.2) is 0 Å². The molecule has 0 aliphatic carbocycles. The first-order valence-corrected chi connectivity index (χ1v) is 13.1. The van der Waals surface area contributed by atoms with E-state index in [9.17, 15) is 4.79 Å². The number of esters is 1. The monoisotopic (exact) mass is 490 g/mol. The highest BCUT2D eigenvalue weighted by Gasteiger charge is 2.53. The number of hydrogen-bond acceptors (Lipinski definition) is 2. The summed E-state index contributed by atoms with van der Waals surface area (Å²) >= 11 is 0. The normalized spacial score (nSPS) is 13.1. The van der Waals surface area contributed by atoms with E-state index in [4.69, 9.17) is 4.74 Å². The summed E-state index contributed by atoms with van der Waals surface area (Å²) in [6, 6.07) is 42.6. The molecule has 1 unspecified atom stereocenters. The highest BCUT2D eigenvalue weighted by molar-refractivity contribution is 5.67. The van der Waals surface area contributed by atoms with E-state index in [2.05, 4.69) is 137 Å². The highest BCUT2D eigenvalue weighted by Crippen LogP contribution is 2.53. The third kappa shape index (κ3) is 5.39. The first-order chi connectivity index (χ1) is 17.7. The molecule has 0 spiro atoms. The van der Waals surface area contributed by atoms with E-state index in [1.54, 1.807) is 0 Å². The molecule has 0 bridgehead atoms. The van der Waals surface area contributed by atoms with E-state index in [-0.39, 0.29) is 16.8 Å². The van der Waals surface area contributed by atoms with Crippen molar-refractivity contribution in [2.45, 2.75) is 58.0 Å². The Hall–Kier alpha value is -3.65. The fourth-order valence-electron chi connectivity index (χ4n) is 5.96. The van der Waals surface area contributed by atoms with Gasteiger partial charge in [-0.15, -0.1) is 0 Å². The quantitative estimate of drug-likeness (QED) is 0.232. The standard InChI is InChI=1S/C35H38O2/c1-27(36)37-32(33(2,3)4)35(30-22-14-8-15-23-30,31-24-16-9-17-25-31)26-34(5,28-18-10-6-11-19-28)29-20-12-7-13-21-29/h6-25,32H,26H2,1-5H3. The van der Waals surface area contributed by atoms with E-state index >= 15 is 0 Å². The zero-order valence-corrected chi connectivity index (χ0v) is 22.6. The predicted molar refractivity (Wildman–Crippen MR) is 153 cm³/mol. The lowest BCUT2D eigenvalue weighted by Crippen LogP contribution is -2.53. The van der Waals surface area contributed by atoms with Gasteiger partial charge in [0.25, 0.3) is 0 Å². The molecule has 0 heterocycles. The van der Waals surface area contributed by atoms with E-state index in [1.807, 2.05) is 12.1 Å². The van der Waals surface area contributed by atoms with Crippen LogP contribution in [0, 0.1) is 5.41 Å². The summed E-state index contributed by atoms with van der Waals surface area (Å²) in [5.41, 5.74) is 3.39. The Kier molecular flexibility index (Phi) is 7.68. The minimum absolute atomic E-state index is 0.266. The maximum atomic E-state index is 12.7. The number of hydrogen-bond donors (Lipinski definition) is 0. The largest absolute Gasteiger partial charge is 0.461 e. The van der Waals surface area contributed by atoms with Gasteiger partial charge < -0.3 is 4.74 Å². The zero-order chi connectivity index (χ0) is 26.5. The molecule has 190 valence electrons. The molecule has 0 fully saturated rings. The van der Waals surface area contributed by atoms with Crippen molar-refractivity contribution in [3.8, 4) is 0 Å². The number of rotatable bonds is 8.